The molecule has 31 heavy (non-hydrogen) atoms. The number of fused-ring (bicyclic) bond motifs is 1. The van der Waals surface area contributed by atoms with Crippen LogP contribution in [0.1, 0.15) is 27.0 Å². The fourth-order valence-corrected chi connectivity index (χ4v) is 3.66. The van der Waals surface area contributed by atoms with E-state index in [0.717, 1.165) is 22.0 Å². The van der Waals surface area contributed by atoms with E-state index >= 15 is 0 Å². The third kappa shape index (κ3) is 4.21. The predicted molar refractivity (Wildman–Crippen MR) is 124 cm³/mol. The van der Waals surface area contributed by atoms with Gasteiger partial charge in [0.15, 0.2) is 0 Å². The Morgan fingerprint density at radius 2 is 1.77 bits per heavy atom. The Hall–Kier alpha value is -3.86. The van der Waals surface area contributed by atoms with E-state index in [2.05, 4.69) is 4.98 Å². The number of rotatable bonds is 5. The van der Waals surface area contributed by atoms with E-state index in [1.165, 1.54) is 0 Å². The average molecular weight is 412 g/mol. The third-order valence-corrected chi connectivity index (χ3v) is 5.39. The van der Waals surface area contributed by atoms with E-state index in [-0.39, 0.29) is 18.0 Å². The standard InChI is InChI=1S/C26H24N2O3/c1-17-11-12-19-14-20(25(29)27-24(19)13-17)16-28(21-8-6-9-22(15-21)31-3)26(30)23-10-5-4-7-18(23)2/h4-15H,16H2,1-3H3,(H,27,29). The topological polar surface area (TPSA) is 62.4 Å². The van der Waals surface area contributed by atoms with Gasteiger partial charge >= 0.3 is 0 Å². The number of anilines is 1. The second-order valence-electron chi connectivity index (χ2n) is 7.62. The van der Waals surface area contributed by atoms with E-state index < -0.39 is 0 Å². The number of aromatic nitrogens is 1. The molecule has 0 unspecified atom stereocenters. The Morgan fingerprint density at radius 1 is 0.968 bits per heavy atom. The summed E-state index contributed by atoms with van der Waals surface area (Å²) in [5.74, 6) is 0.470. The van der Waals surface area contributed by atoms with Crippen molar-refractivity contribution < 1.29 is 9.53 Å². The Labute approximate surface area is 180 Å². The van der Waals surface area contributed by atoms with Gasteiger partial charge in [-0.3, -0.25) is 9.59 Å². The summed E-state index contributed by atoms with van der Waals surface area (Å²) in [6, 6.07) is 22.5. The molecule has 1 aromatic heterocycles. The molecule has 1 heterocycles. The van der Waals surface area contributed by atoms with E-state index in [9.17, 15) is 9.59 Å². The summed E-state index contributed by atoms with van der Waals surface area (Å²) in [6.07, 6.45) is 0. The predicted octanol–water partition coefficient (Wildman–Crippen LogP) is 5.00. The highest BCUT2D eigenvalue weighted by molar-refractivity contribution is 6.07. The van der Waals surface area contributed by atoms with Gasteiger partial charge in [-0.15, -0.1) is 0 Å². The zero-order valence-corrected chi connectivity index (χ0v) is 17.8. The number of aryl methyl sites for hydroxylation is 2. The summed E-state index contributed by atoms with van der Waals surface area (Å²) in [5.41, 5.74) is 4.30. The molecule has 0 saturated heterocycles. The summed E-state index contributed by atoms with van der Waals surface area (Å²) in [4.78, 5) is 31.0. The van der Waals surface area contributed by atoms with Gasteiger partial charge in [-0.1, -0.05) is 36.4 Å². The summed E-state index contributed by atoms with van der Waals surface area (Å²) in [5, 5.41) is 0.925. The normalized spacial score (nSPS) is 10.8. The van der Waals surface area contributed by atoms with Crippen molar-refractivity contribution in [2.45, 2.75) is 20.4 Å². The van der Waals surface area contributed by atoms with Crippen LogP contribution in [0.4, 0.5) is 5.69 Å². The Bertz CT molecular complexity index is 1320. The van der Waals surface area contributed by atoms with Gasteiger partial charge in [-0.25, -0.2) is 0 Å². The number of hydrogen-bond donors (Lipinski definition) is 1. The van der Waals surface area contributed by atoms with Crippen LogP contribution >= 0.6 is 0 Å². The first-order chi connectivity index (χ1) is 15.0. The first-order valence-electron chi connectivity index (χ1n) is 10.1. The minimum Gasteiger partial charge on any atom is -0.497 e. The Morgan fingerprint density at radius 3 is 2.55 bits per heavy atom. The fraction of sp³-hybridized carbons (Fsp3) is 0.154. The summed E-state index contributed by atoms with van der Waals surface area (Å²) in [7, 11) is 1.59. The second kappa shape index (κ2) is 8.48. The lowest BCUT2D eigenvalue weighted by molar-refractivity contribution is 0.0984. The molecule has 4 aromatic rings. The highest BCUT2D eigenvalue weighted by atomic mass is 16.5. The van der Waals surface area contributed by atoms with Gasteiger partial charge in [-0.2, -0.15) is 0 Å². The first-order valence-corrected chi connectivity index (χ1v) is 10.1. The lowest BCUT2D eigenvalue weighted by Gasteiger charge is -2.24. The number of pyridine rings is 1. The van der Waals surface area contributed by atoms with E-state index in [4.69, 9.17) is 4.74 Å². The molecule has 5 nitrogen and oxygen atoms in total. The van der Waals surface area contributed by atoms with Gasteiger partial charge in [0.05, 0.1) is 13.7 Å². The number of benzene rings is 3. The highest BCUT2D eigenvalue weighted by Crippen LogP contribution is 2.25. The monoisotopic (exact) mass is 412 g/mol. The number of ether oxygens (including phenoxy) is 1. The molecule has 0 atom stereocenters. The molecule has 0 radical (unpaired) electrons. The Balaban J connectivity index is 1.81. The van der Waals surface area contributed by atoms with Gasteiger partial charge in [0, 0.05) is 28.4 Å². The van der Waals surface area contributed by atoms with Crippen LogP contribution < -0.4 is 15.2 Å². The lowest BCUT2D eigenvalue weighted by Crippen LogP contribution is -2.33. The van der Waals surface area contributed by atoms with Crippen LogP contribution in [-0.2, 0) is 6.54 Å². The molecule has 1 N–H and O–H groups in total. The van der Waals surface area contributed by atoms with Gasteiger partial charge in [0.25, 0.3) is 11.5 Å². The molecule has 3 aromatic carbocycles. The van der Waals surface area contributed by atoms with E-state index in [1.54, 1.807) is 24.1 Å². The molecule has 0 aliphatic carbocycles. The van der Waals surface area contributed by atoms with Gasteiger partial charge in [0.1, 0.15) is 5.75 Å². The number of hydrogen-bond acceptors (Lipinski definition) is 3. The smallest absolute Gasteiger partial charge is 0.258 e. The van der Waals surface area contributed by atoms with Gasteiger partial charge < -0.3 is 14.6 Å². The number of carbonyl (C=O) groups excluding carboxylic acids is 1. The van der Waals surface area contributed by atoms with Crippen molar-refractivity contribution in [1.82, 2.24) is 4.98 Å². The third-order valence-electron chi connectivity index (χ3n) is 5.39. The molecule has 0 spiro atoms. The zero-order chi connectivity index (χ0) is 22.0. The number of methoxy groups -OCH3 is 1. The van der Waals surface area contributed by atoms with Gasteiger partial charge in [-0.05, 0) is 60.7 Å². The lowest BCUT2D eigenvalue weighted by atomic mass is 10.1. The first kappa shape index (κ1) is 20.4. The van der Waals surface area contributed by atoms with Crippen molar-refractivity contribution >= 4 is 22.5 Å². The van der Waals surface area contributed by atoms with Gasteiger partial charge in [0.2, 0.25) is 0 Å². The summed E-state index contributed by atoms with van der Waals surface area (Å²) < 4.78 is 5.35. The molecule has 5 heteroatoms. The molecule has 1 amide bonds. The number of nitrogens with one attached hydrogen (secondary N) is 1. The fourth-order valence-electron chi connectivity index (χ4n) is 3.66. The van der Waals surface area contributed by atoms with Crippen molar-refractivity contribution in [3.63, 3.8) is 0 Å². The molecular formula is C26H24N2O3. The molecule has 0 saturated carbocycles. The minimum absolute atomic E-state index is 0.138. The molecule has 4 rings (SSSR count). The highest BCUT2D eigenvalue weighted by Gasteiger charge is 2.21. The van der Waals surface area contributed by atoms with E-state index in [0.29, 0.717) is 22.6 Å². The van der Waals surface area contributed by atoms with E-state index in [1.807, 2.05) is 74.5 Å². The summed E-state index contributed by atoms with van der Waals surface area (Å²) in [6.45, 7) is 4.03. The van der Waals surface area contributed by atoms with Crippen LogP contribution in [0.5, 0.6) is 5.75 Å². The van der Waals surface area contributed by atoms with Crippen molar-refractivity contribution in [3.05, 3.63) is 105 Å². The minimum atomic E-state index is -0.205. The maximum atomic E-state index is 13.6. The molecular weight excluding hydrogens is 388 g/mol. The second-order valence-corrected chi connectivity index (χ2v) is 7.62. The van der Waals surface area contributed by atoms with Crippen molar-refractivity contribution in [2.24, 2.45) is 0 Å². The van der Waals surface area contributed by atoms with Crippen molar-refractivity contribution in [3.8, 4) is 5.75 Å². The summed E-state index contributed by atoms with van der Waals surface area (Å²) >= 11 is 0. The van der Waals surface area contributed by atoms with Crippen LogP contribution in [-0.4, -0.2) is 18.0 Å². The molecule has 0 aliphatic heterocycles. The number of nitrogens with zero attached hydrogens (tertiary/aromatic N) is 1. The Kier molecular flexibility index (Phi) is 5.58. The van der Waals surface area contributed by atoms with Crippen LogP contribution in [0.3, 0.4) is 0 Å². The number of H-pyrrole nitrogens is 1. The average Bonchev–Trinajstić information content (AvgIpc) is 2.77. The molecule has 156 valence electrons. The van der Waals surface area contributed by atoms with Crippen LogP contribution in [0, 0.1) is 13.8 Å². The quantitative estimate of drug-likeness (QED) is 0.502. The van der Waals surface area contributed by atoms with Crippen LogP contribution in [0.25, 0.3) is 10.9 Å². The SMILES string of the molecule is COc1cccc(N(Cc2cc3ccc(C)cc3[nH]c2=O)C(=O)c2ccccc2C)c1. The zero-order valence-electron chi connectivity index (χ0n) is 17.8. The largest absolute Gasteiger partial charge is 0.497 e. The van der Waals surface area contributed by atoms with Crippen molar-refractivity contribution in [1.29, 1.82) is 0 Å². The molecule has 0 aliphatic rings. The maximum Gasteiger partial charge on any atom is 0.258 e. The maximum absolute atomic E-state index is 13.6. The van der Waals surface area contributed by atoms with Crippen LogP contribution in [0.2, 0.25) is 0 Å². The number of carbonyl (C=O) groups is 1. The number of amides is 1. The molecule has 0 fully saturated rings. The van der Waals surface area contributed by atoms with Crippen molar-refractivity contribution in [2.75, 3.05) is 12.0 Å². The number of aromatic amines is 1. The molecule has 0 bridgehead atoms. The van der Waals surface area contributed by atoms with Crippen LogP contribution in [0.15, 0.2) is 77.6 Å².